The van der Waals surface area contributed by atoms with E-state index in [0.717, 1.165) is 19.3 Å². The van der Waals surface area contributed by atoms with Gasteiger partial charge in [-0.1, -0.05) is 24.4 Å². The lowest BCUT2D eigenvalue weighted by Gasteiger charge is -2.40. The summed E-state index contributed by atoms with van der Waals surface area (Å²) in [4.78, 5) is 14.7. The molecule has 1 amide bonds. The number of halogens is 1. The number of ether oxygens (including phenoxy) is 2. The van der Waals surface area contributed by atoms with E-state index in [1.165, 1.54) is 12.8 Å². The van der Waals surface area contributed by atoms with E-state index in [1.807, 2.05) is 4.90 Å². The molecule has 1 aromatic rings. The van der Waals surface area contributed by atoms with Crippen molar-refractivity contribution < 1.29 is 14.3 Å². The normalized spacial score (nSPS) is 19.7. The number of rotatable bonds is 5. The first-order chi connectivity index (χ1) is 11.6. The minimum Gasteiger partial charge on any atom is -0.492 e. The van der Waals surface area contributed by atoms with E-state index < -0.39 is 0 Å². The number of amides is 1. The topological polar surface area (TPSA) is 64.8 Å². The smallest absolute Gasteiger partial charge is 0.254 e. The van der Waals surface area contributed by atoms with Crippen LogP contribution in [0.25, 0.3) is 0 Å². The molecule has 24 heavy (non-hydrogen) atoms. The Morgan fingerprint density at radius 1 is 1.38 bits per heavy atom. The standard InChI is InChI=1S/C18H25ClN2O3/c19-15-12-14(4-5-16(15)23-10-3-8-20)17(22)21-9-11-24-18(13-21)6-1-2-7-18/h4-5,12H,1-3,6-11,13,20H2. The van der Waals surface area contributed by atoms with Crippen molar-refractivity contribution in [2.45, 2.75) is 37.7 Å². The molecule has 2 fully saturated rings. The van der Waals surface area contributed by atoms with Gasteiger partial charge >= 0.3 is 0 Å². The molecule has 3 rings (SSSR count). The SMILES string of the molecule is NCCCOc1ccc(C(=O)N2CCOC3(CCCC3)C2)cc1Cl. The summed E-state index contributed by atoms with van der Waals surface area (Å²) in [5.41, 5.74) is 5.93. The summed E-state index contributed by atoms with van der Waals surface area (Å²) in [6.07, 6.45) is 5.23. The second-order valence-corrected chi connectivity index (χ2v) is 7.01. The number of benzene rings is 1. The maximum atomic E-state index is 12.8. The highest BCUT2D eigenvalue weighted by Crippen LogP contribution is 2.36. The molecule has 2 N–H and O–H groups in total. The highest BCUT2D eigenvalue weighted by Gasteiger charge is 2.40. The van der Waals surface area contributed by atoms with E-state index in [2.05, 4.69) is 0 Å². The number of hydrogen-bond acceptors (Lipinski definition) is 4. The van der Waals surface area contributed by atoms with Crippen LogP contribution in [-0.4, -0.2) is 49.3 Å². The molecule has 1 saturated heterocycles. The Morgan fingerprint density at radius 2 is 2.17 bits per heavy atom. The molecule has 0 unspecified atom stereocenters. The Kier molecular flexibility index (Phi) is 5.64. The number of nitrogens with zero attached hydrogens (tertiary/aromatic N) is 1. The lowest BCUT2D eigenvalue weighted by molar-refractivity contribution is -0.0948. The molecule has 2 aliphatic rings. The van der Waals surface area contributed by atoms with Crippen LogP contribution in [0.4, 0.5) is 0 Å². The van der Waals surface area contributed by atoms with E-state index in [9.17, 15) is 4.79 Å². The van der Waals surface area contributed by atoms with Crippen LogP contribution in [0.2, 0.25) is 5.02 Å². The molecule has 1 aliphatic heterocycles. The predicted molar refractivity (Wildman–Crippen MR) is 93.7 cm³/mol. The lowest BCUT2D eigenvalue weighted by Crippen LogP contribution is -2.52. The van der Waals surface area contributed by atoms with Crippen molar-refractivity contribution in [2.24, 2.45) is 5.73 Å². The Labute approximate surface area is 148 Å². The van der Waals surface area contributed by atoms with Crippen LogP contribution in [0.3, 0.4) is 0 Å². The van der Waals surface area contributed by atoms with Crippen LogP contribution in [0.5, 0.6) is 5.75 Å². The lowest BCUT2D eigenvalue weighted by atomic mass is 9.99. The number of nitrogens with two attached hydrogens (primary N) is 1. The molecular weight excluding hydrogens is 328 g/mol. The molecular formula is C18H25ClN2O3. The van der Waals surface area contributed by atoms with Crippen LogP contribution < -0.4 is 10.5 Å². The molecule has 0 radical (unpaired) electrons. The van der Waals surface area contributed by atoms with Crippen molar-refractivity contribution in [3.63, 3.8) is 0 Å². The zero-order valence-electron chi connectivity index (χ0n) is 13.9. The summed E-state index contributed by atoms with van der Waals surface area (Å²) in [5, 5.41) is 0.460. The predicted octanol–water partition coefficient (Wildman–Crippen LogP) is 2.85. The molecule has 132 valence electrons. The quantitative estimate of drug-likeness (QED) is 0.827. The zero-order valence-corrected chi connectivity index (χ0v) is 14.7. The molecule has 1 aromatic carbocycles. The van der Waals surface area contributed by atoms with Crippen molar-refractivity contribution in [3.05, 3.63) is 28.8 Å². The first-order valence-corrected chi connectivity index (χ1v) is 9.07. The highest BCUT2D eigenvalue weighted by molar-refractivity contribution is 6.32. The van der Waals surface area contributed by atoms with Gasteiger partial charge in [0.05, 0.1) is 30.4 Å². The third kappa shape index (κ3) is 3.85. The van der Waals surface area contributed by atoms with Crippen LogP contribution in [0, 0.1) is 0 Å². The van der Waals surface area contributed by atoms with Gasteiger partial charge in [0.2, 0.25) is 0 Å². The molecule has 6 heteroatoms. The van der Waals surface area contributed by atoms with E-state index >= 15 is 0 Å². The van der Waals surface area contributed by atoms with Gasteiger partial charge in [-0.15, -0.1) is 0 Å². The van der Waals surface area contributed by atoms with Gasteiger partial charge < -0.3 is 20.1 Å². The van der Waals surface area contributed by atoms with Crippen LogP contribution >= 0.6 is 11.6 Å². The molecule has 1 heterocycles. The molecule has 0 atom stereocenters. The van der Waals surface area contributed by atoms with Gasteiger partial charge in [0, 0.05) is 12.1 Å². The van der Waals surface area contributed by atoms with Crippen LogP contribution in [-0.2, 0) is 4.74 Å². The number of carbonyl (C=O) groups is 1. The van der Waals surface area contributed by atoms with Crippen molar-refractivity contribution in [1.82, 2.24) is 4.90 Å². The van der Waals surface area contributed by atoms with E-state index in [-0.39, 0.29) is 11.5 Å². The van der Waals surface area contributed by atoms with Gasteiger partial charge in [-0.2, -0.15) is 0 Å². The van der Waals surface area contributed by atoms with Gasteiger partial charge in [0.25, 0.3) is 5.91 Å². The second kappa shape index (κ2) is 7.72. The molecule has 1 spiro atoms. The summed E-state index contributed by atoms with van der Waals surface area (Å²) in [6.45, 7) is 3.02. The van der Waals surface area contributed by atoms with Gasteiger partial charge in [-0.25, -0.2) is 0 Å². The Bertz CT molecular complexity index is 588. The fraction of sp³-hybridized carbons (Fsp3) is 0.611. The Morgan fingerprint density at radius 3 is 2.88 bits per heavy atom. The largest absolute Gasteiger partial charge is 0.492 e. The maximum absolute atomic E-state index is 12.8. The fourth-order valence-electron chi connectivity index (χ4n) is 3.54. The number of hydrogen-bond donors (Lipinski definition) is 1. The summed E-state index contributed by atoms with van der Waals surface area (Å²) in [6, 6.07) is 5.24. The third-order valence-electron chi connectivity index (χ3n) is 4.84. The molecule has 0 bridgehead atoms. The summed E-state index contributed by atoms with van der Waals surface area (Å²) >= 11 is 6.26. The molecule has 1 aliphatic carbocycles. The third-order valence-corrected chi connectivity index (χ3v) is 5.13. The number of morpholine rings is 1. The minimum absolute atomic E-state index is 0.0139. The highest BCUT2D eigenvalue weighted by atomic mass is 35.5. The van der Waals surface area contributed by atoms with E-state index in [4.69, 9.17) is 26.8 Å². The van der Waals surface area contributed by atoms with E-state index in [0.29, 0.717) is 49.2 Å². The monoisotopic (exact) mass is 352 g/mol. The summed E-state index contributed by atoms with van der Waals surface area (Å²) in [7, 11) is 0. The average molecular weight is 353 g/mol. The van der Waals surface area contributed by atoms with Gasteiger partial charge in [0.1, 0.15) is 5.75 Å². The molecule has 0 aromatic heterocycles. The van der Waals surface area contributed by atoms with Crippen molar-refractivity contribution in [1.29, 1.82) is 0 Å². The number of carbonyl (C=O) groups excluding carboxylic acids is 1. The van der Waals surface area contributed by atoms with Gasteiger partial charge in [-0.05, 0) is 44.0 Å². The molecule has 5 nitrogen and oxygen atoms in total. The van der Waals surface area contributed by atoms with Gasteiger partial charge in [0.15, 0.2) is 0 Å². The Balaban J connectivity index is 1.67. The zero-order chi connectivity index (χ0) is 17.0. The maximum Gasteiger partial charge on any atom is 0.254 e. The van der Waals surface area contributed by atoms with Crippen LogP contribution in [0.1, 0.15) is 42.5 Å². The van der Waals surface area contributed by atoms with Crippen molar-refractivity contribution in [3.8, 4) is 5.75 Å². The van der Waals surface area contributed by atoms with Crippen LogP contribution in [0.15, 0.2) is 18.2 Å². The average Bonchev–Trinajstić information content (AvgIpc) is 3.03. The van der Waals surface area contributed by atoms with Crippen molar-refractivity contribution >= 4 is 17.5 Å². The first kappa shape index (κ1) is 17.5. The first-order valence-electron chi connectivity index (χ1n) is 8.69. The van der Waals surface area contributed by atoms with Crippen molar-refractivity contribution in [2.75, 3.05) is 32.8 Å². The van der Waals surface area contributed by atoms with E-state index in [1.54, 1.807) is 18.2 Å². The molecule has 1 saturated carbocycles. The minimum atomic E-state index is -0.122. The Hall–Kier alpha value is -1.30. The summed E-state index contributed by atoms with van der Waals surface area (Å²) in [5.74, 6) is 0.607. The summed E-state index contributed by atoms with van der Waals surface area (Å²) < 4.78 is 11.6. The van der Waals surface area contributed by atoms with Gasteiger partial charge in [-0.3, -0.25) is 4.79 Å². The second-order valence-electron chi connectivity index (χ2n) is 6.60. The fourth-order valence-corrected chi connectivity index (χ4v) is 3.77.